The van der Waals surface area contributed by atoms with Crippen molar-refractivity contribution in [1.29, 1.82) is 0 Å². The smallest absolute Gasteiger partial charge is 0.331 e. The molecule has 0 saturated heterocycles. The summed E-state index contributed by atoms with van der Waals surface area (Å²) in [6, 6.07) is 9.36. The number of ether oxygens (including phenoxy) is 2. The summed E-state index contributed by atoms with van der Waals surface area (Å²) in [6.45, 7) is 13.4. The molecule has 1 aromatic carbocycles. The van der Waals surface area contributed by atoms with Gasteiger partial charge in [-0.25, -0.2) is 4.79 Å². The Bertz CT molecular complexity index is 1150. The molecule has 1 aromatic rings. The van der Waals surface area contributed by atoms with Crippen LogP contribution in [0, 0.1) is 29.1 Å². The van der Waals surface area contributed by atoms with Crippen molar-refractivity contribution in [2.24, 2.45) is 29.1 Å². The Kier molecular flexibility index (Phi) is 7.35. The molecule has 0 bridgehead atoms. The minimum atomic E-state index is -1.65. The summed E-state index contributed by atoms with van der Waals surface area (Å²) in [6.07, 6.45) is 4.51. The van der Waals surface area contributed by atoms with Crippen LogP contribution in [-0.2, 0) is 23.9 Å². The molecule has 7 atom stereocenters. The van der Waals surface area contributed by atoms with Gasteiger partial charge in [0.1, 0.15) is 6.10 Å². The molecule has 0 heterocycles. The number of ketones is 1. The van der Waals surface area contributed by atoms with Crippen LogP contribution in [0.15, 0.2) is 60.2 Å². The number of fused-ring (bicyclic) bond motifs is 2. The van der Waals surface area contributed by atoms with E-state index < -0.39 is 35.7 Å². The third-order valence-corrected chi connectivity index (χ3v) is 8.71. The molecule has 37 heavy (non-hydrogen) atoms. The Balaban J connectivity index is 1.72. The van der Waals surface area contributed by atoms with Crippen molar-refractivity contribution in [1.82, 2.24) is 0 Å². The number of Topliss-reactive ketones (excluding diaryl/α,β-unsaturated/α-hetero) is 1. The van der Waals surface area contributed by atoms with Gasteiger partial charge in [-0.1, -0.05) is 63.8 Å². The van der Waals surface area contributed by atoms with E-state index in [1.807, 2.05) is 43.3 Å². The van der Waals surface area contributed by atoms with Crippen LogP contribution in [0.1, 0.15) is 59.4 Å². The molecule has 0 amide bonds. The molecule has 2 fully saturated rings. The summed E-state index contributed by atoms with van der Waals surface area (Å²) in [4.78, 5) is 39.3. The normalized spacial score (nSPS) is 36.5. The van der Waals surface area contributed by atoms with E-state index in [1.165, 1.54) is 13.0 Å². The second kappa shape index (κ2) is 10.1. The summed E-state index contributed by atoms with van der Waals surface area (Å²) >= 11 is 0. The van der Waals surface area contributed by atoms with Crippen LogP contribution >= 0.6 is 0 Å². The SMILES string of the molecule is C=C1CC[C@H]2[C@@H](/C=C(\C)C(=O)[C@@]3(OC(C)=O)C[C@H](C)[C@H](OC(=O)/C=C/c4ccccc4)[C@@H]3[C@H]1O)C2(C)C. The fraction of sp³-hybridized carbons (Fsp3) is 0.516. The zero-order chi connectivity index (χ0) is 27.1. The van der Waals surface area contributed by atoms with Gasteiger partial charge in [0.05, 0.1) is 12.0 Å². The van der Waals surface area contributed by atoms with E-state index in [-0.39, 0.29) is 29.5 Å². The molecule has 6 nitrogen and oxygen atoms in total. The van der Waals surface area contributed by atoms with Gasteiger partial charge in [0, 0.05) is 19.4 Å². The van der Waals surface area contributed by atoms with Gasteiger partial charge < -0.3 is 14.6 Å². The predicted molar refractivity (Wildman–Crippen MR) is 141 cm³/mol. The Morgan fingerprint density at radius 2 is 1.86 bits per heavy atom. The van der Waals surface area contributed by atoms with E-state index in [0.717, 1.165) is 12.0 Å². The largest absolute Gasteiger partial charge is 0.458 e. The lowest BCUT2D eigenvalue weighted by molar-refractivity contribution is -0.177. The Morgan fingerprint density at radius 1 is 1.19 bits per heavy atom. The quantitative estimate of drug-likeness (QED) is 0.348. The summed E-state index contributed by atoms with van der Waals surface area (Å²) in [5, 5.41) is 11.6. The minimum absolute atomic E-state index is 0.0477. The summed E-state index contributed by atoms with van der Waals surface area (Å²) < 4.78 is 11.7. The maximum atomic E-state index is 14.1. The number of hydrogen-bond acceptors (Lipinski definition) is 6. The first-order chi connectivity index (χ1) is 17.4. The van der Waals surface area contributed by atoms with Gasteiger partial charge in [0.25, 0.3) is 0 Å². The second-order valence-corrected chi connectivity index (χ2v) is 11.6. The van der Waals surface area contributed by atoms with Crippen molar-refractivity contribution in [3.8, 4) is 0 Å². The number of hydrogen-bond donors (Lipinski definition) is 1. The number of esters is 2. The Labute approximate surface area is 219 Å². The zero-order valence-electron chi connectivity index (χ0n) is 22.4. The zero-order valence-corrected chi connectivity index (χ0v) is 22.4. The molecule has 0 radical (unpaired) electrons. The molecule has 3 aliphatic rings. The van der Waals surface area contributed by atoms with Crippen LogP contribution in [0.4, 0.5) is 0 Å². The van der Waals surface area contributed by atoms with E-state index in [2.05, 4.69) is 20.4 Å². The van der Waals surface area contributed by atoms with Crippen LogP contribution in [0.5, 0.6) is 0 Å². The van der Waals surface area contributed by atoms with Crippen molar-refractivity contribution in [3.05, 3.63) is 65.8 Å². The number of carbonyl (C=O) groups excluding carboxylic acids is 3. The van der Waals surface area contributed by atoms with E-state index in [9.17, 15) is 19.5 Å². The van der Waals surface area contributed by atoms with Crippen LogP contribution < -0.4 is 0 Å². The van der Waals surface area contributed by atoms with Crippen molar-refractivity contribution in [3.63, 3.8) is 0 Å². The van der Waals surface area contributed by atoms with E-state index in [4.69, 9.17) is 9.47 Å². The third-order valence-electron chi connectivity index (χ3n) is 8.71. The van der Waals surface area contributed by atoms with Crippen LogP contribution in [0.2, 0.25) is 0 Å². The molecule has 3 aliphatic carbocycles. The highest BCUT2D eigenvalue weighted by Gasteiger charge is 2.64. The lowest BCUT2D eigenvalue weighted by Gasteiger charge is -2.38. The maximum Gasteiger partial charge on any atom is 0.331 e. The lowest BCUT2D eigenvalue weighted by Crippen LogP contribution is -2.54. The summed E-state index contributed by atoms with van der Waals surface area (Å²) in [5.41, 5.74) is 0.307. The molecule has 1 N–H and O–H groups in total. The monoisotopic (exact) mass is 506 g/mol. The van der Waals surface area contributed by atoms with Gasteiger partial charge in [-0.2, -0.15) is 0 Å². The van der Waals surface area contributed by atoms with E-state index in [1.54, 1.807) is 13.0 Å². The predicted octanol–water partition coefficient (Wildman–Crippen LogP) is 5.07. The first-order valence-corrected chi connectivity index (χ1v) is 13.1. The fourth-order valence-corrected chi connectivity index (χ4v) is 6.62. The number of rotatable bonds is 4. The van der Waals surface area contributed by atoms with E-state index >= 15 is 0 Å². The van der Waals surface area contributed by atoms with Gasteiger partial charge in [-0.3, -0.25) is 9.59 Å². The number of aliphatic hydroxyl groups is 1. The topological polar surface area (TPSA) is 89.9 Å². The fourth-order valence-electron chi connectivity index (χ4n) is 6.62. The maximum absolute atomic E-state index is 14.1. The molecular formula is C31H38O6. The third kappa shape index (κ3) is 5.08. The Hall–Kier alpha value is -2.99. The number of benzene rings is 1. The second-order valence-electron chi connectivity index (χ2n) is 11.6. The summed E-state index contributed by atoms with van der Waals surface area (Å²) in [7, 11) is 0. The summed E-state index contributed by atoms with van der Waals surface area (Å²) in [5.74, 6) is -2.26. The van der Waals surface area contributed by atoms with Crippen molar-refractivity contribution >= 4 is 23.8 Å². The highest BCUT2D eigenvalue weighted by Crippen LogP contribution is 2.62. The molecule has 6 heteroatoms. The highest BCUT2D eigenvalue weighted by atomic mass is 16.6. The first-order valence-electron chi connectivity index (χ1n) is 13.1. The lowest BCUT2D eigenvalue weighted by atomic mass is 9.76. The van der Waals surface area contributed by atoms with Crippen molar-refractivity contribution in [2.45, 2.75) is 71.7 Å². The average Bonchev–Trinajstić information content (AvgIpc) is 3.23. The molecule has 0 unspecified atom stereocenters. The Morgan fingerprint density at radius 3 is 2.51 bits per heavy atom. The molecule has 198 valence electrons. The van der Waals surface area contributed by atoms with E-state index in [0.29, 0.717) is 23.5 Å². The average molecular weight is 507 g/mol. The van der Waals surface area contributed by atoms with Crippen LogP contribution in [0.25, 0.3) is 6.08 Å². The van der Waals surface area contributed by atoms with Gasteiger partial charge in [-0.15, -0.1) is 0 Å². The standard InChI is InChI=1S/C31H38O6/c1-18-12-14-23-24(30(23,5)6)16-19(2)29(35)31(37-21(4)32)17-20(3)28(26(31)27(18)34)36-25(33)15-13-22-10-8-7-9-11-22/h7-11,13,15-16,20,23-24,26-28,34H,1,12,14,17H2,2-6H3/b15-13+,19-16+/t20-,23-,24+,26-,27-,28-,31+/m0/s1. The first kappa shape index (κ1) is 27.1. The molecule has 2 saturated carbocycles. The van der Waals surface area contributed by atoms with Gasteiger partial charge in [0.2, 0.25) is 5.78 Å². The van der Waals surface area contributed by atoms with Gasteiger partial charge in [0.15, 0.2) is 5.60 Å². The number of carbonyl (C=O) groups is 3. The molecule has 0 aromatic heterocycles. The molecule has 0 aliphatic heterocycles. The molecule has 0 spiro atoms. The van der Waals surface area contributed by atoms with Crippen molar-refractivity contribution < 1.29 is 29.0 Å². The number of aliphatic hydroxyl groups excluding tert-OH is 1. The highest BCUT2D eigenvalue weighted by molar-refractivity contribution is 6.03. The molecular weight excluding hydrogens is 468 g/mol. The van der Waals surface area contributed by atoms with Gasteiger partial charge >= 0.3 is 11.9 Å². The van der Waals surface area contributed by atoms with Crippen molar-refractivity contribution in [2.75, 3.05) is 0 Å². The van der Waals surface area contributed by atoms with Gasteiger partial charge in [-0.05, 0) is 65.7 Å². The van der Waals surface area contributed by atoms with Crippen LogP contribution in [0.3, 0.4) is 0 Å². The minimum Gasteiger partial charge on any atom is -0.458 e. The number of allylic oxidation sites excluding steroid dienone is 1. The van der Waals surface area contributed by atoms with Crippen LogP contribution in [-0.4, -0.2) is 40.6 Å². The molecule has 4 rings (SSSR count).